The molecule has 0 saturated heterocycles. The van der Waals surface area contributed by atoms with E-state index in [0.717, 1.165) is 12.8 Å². The molecule has 1 unspecified atom stereocenters. The smallest absolute Gasteiger partial charge is 0.315 e. The Labute approximate surface area is 122 Å². The summed E-state index contributed by atoms with van der Waals surface area (Å²) in [5.74, 6) is 0.870. The third kappa shape index (κ3) is 4.26. The molecule has 1 aliphatic rings. The highest BCUT2D eigenvalue weighted by molar-refractivity contribution is 5.74. The highest BCUT2D eigenvalue weighted by atomic mass is 16.2. The highest BCUT2D eigenvalue weighted by Gasteiger charge is 2.18. The van der Waals surface area contributed by atoms with Crippen molar-refractivity contribution in [3.05, 3.63) is 35.9 Å². The third-order valence-electron chi connectivity index (χ3n) is 4.45. The number of benzene rings is 1. The van der Waals surface area contributed by atoms with Crippen LogP contribution in [0.5, 0.6) is 0 Å². The van der Waals surface area contributed by atoms with Crippen LogP contribution in [0.2, 0.25) is 0 Å². The number of amides is 2. The van der Waals surface area contributed by atoms with Gasteiger partial charge in [-0.1, -0.05) is 57.0 Å². The molecule has 0 bridgehead atoms. The van der Waals surface area contributed by atoms with E-state index < -0.39 is 0 Å². The third-order valence-corrected chi connectivity index (χ3v) is 4.45. The van der Waals surface area contributed by atoms with E-state index in [1.165, 1.54) is 18.4 Å². The van der Waals surface area contributed by atoms with Crippen LogP contribution in [-0.4, -0.2) is 18.6 Å². The van der Waals surface area contributed by atoms with E-state index in [0.29, 0.717) is 24.4 Å². The molecule has 2 amide bonds. The van der Waals surface area contributed by atoms with Crippen LogP contribution in [0.1, 0.15) is 51.0 Å². The second kappa shape index (κ2) is 7.32. The van der Waals surface area contributed by atoms with Crippen LogP contribution in [0.25, 0.3) is 0 Å². The van der Waals surface area contributed by atoms with Crippen LogP contribution in [0.3, 0.4) is 0 Å². The lowest BCUT2D eigenvalue weighted by atomic mass is 9.89. The Morgan fingerprint density at radius 2 is 1.85 bits per heavy atom. The molecule has 1 aliphatic carbocycles. The van der Waals surface area contributed by atoms with Crippen molar-refractivity contribution in [3.8, 4) is 0 Å². The summed E-state index contributed by atoms with van der Waals surface area (Å²) < 4.78 is 0. The van der Waals surface area contributed by atoms with Crippen LogP contribution in [0, 0.1) is 5.92 Å². The fourth-order valence-corrected chi connectivity index (χ4v) is 2.82. The van der Waals surface area contributed by atoms with Gasteiger partial charge in [0.05, 0.1) is 0 Å². The van der Waals surface area contributed by atoms with Crippen molar-refractivity contribution < 1.29 is 4.79 Å². The average molecular weight is 274 g/mol. The zero-order valence-corrected chi connectivity index (χ0v) is 12.6. The first kappa shape index (κ1) is 14.9. The molecule has 0 aromatic heterocycles. The van der Waals surface area contributed by atoms with Crippen LogP contribution in [0.15, 0.2) is 30.3 Å². The Morgan fingerprint density at radius 3 is 2.50 bits per heavy atom. The van der Waals surface area contributed by atoms with Gasteiger partial charge in [-0.3, -0.25) is 0 Å². The first-order valence-electron chi connectivity index (χ1n) is 7.76. The van der Waals surface area contributed by atoms with Crippen molar-refractivity contribution in [2.24, 2.45) is 5.92 Å². The van der Waals surface area contributed by atoms with Gasteiger partial charge in [0.1, 0.15) is 0 Å². The van der Waals surface area contributed by atoms with Crippen LogP contribution in [0.4, 0.5) is 4.79 Å². The lowest BCUT2D eigenvalue weighted by molar-refractivity contribution is 0.234. The molecule has 0 aliphatic heterocycles. The predicted molar refractivity (Wildman–Crippen MR) is 82.8 cm³/mol. The predicted octanol–water partition coefficient (Wildman–Crippen LogP) is 3.67. The van der Waals surface area contributed by atoms with Gasteiger partial charge in [0.2, 0.25) is 0 Å². The lowest BCUT2D eigenvalue weighted by Crippen LogP contribution is -2.42. The van der Waals surface area contributed by atoms with Gasteiger partial charge in [-0.05, 0) is 30.2 Å². The van der Waals surface area contributed by atoms with E-state index in [9.17, 15) is 4.79 Å². The van der Waals surface area contributed by atoms with Crippen LogP contribution in [-0.2, 0) is 0 Å². The van der Waals surface area contributed by atoms with E-state index in [-0.39, 0.29) is 6.03 Å². The Balaban J connectivity index is 1.73. The molecule has 0 heterocycles. The van der Waals surface area contributed by atoms with Crippen LogP contribution >= 0.6 is 0 Å². The minimum Gasteiger partial charge on any atom is -0.338 e. The number of nitrogens with one attached hydrogen (secondary N) is 2. The summed E-state index contributed by atoms with van der Waals surface area (Å²) in [6.07, 6.45) is 4.74. The number of urea groups is 1. The van der Waals surface area contributed by atoms with Gasteiger partial charge >= 0.3 is 6.03 Å². The maximum absolute atomic E-state index is 11.8. The molecule has 1 saturated carbocycles. The van der Waals surface area contributed by atoms with E-state index >= 15 is 0 Å². The van der Waals surface area contributed by atoms with Crippen molar-refractivity contribution in [2.75, 3.05) is 6.54 Å². The molecule has 110 valence electrons. The van der Waals surface area contributed by atoms with Crippen molar-refractivity contribution in [1.29, 1.82) is 0 Å². The summed E-state index contributed by atoms with van der Waals surface area (Å²) in [7, 11) is 0. The summed E-state index contributed by atoms with van der Waals surface area (Å²) in [5.41, 5.74) is 1.33. The second-order valence-electron chi connectivity index (χ2n) is 6.01. The summed E-state index contributed by atoms with van der Waals surface area (Å²) in [4.78, 5) is 11.8. The minimum atomic E-state index is -0.0102. The van der Waals surface area contributed by atoms with Gasteiger partial charge in [0, 0.05) is 12.6 Å². The molecule has 1 aromatic rings. The summed E-state index contributed by atoms with van der Waals surface area (Å²) >= 11 is 0. The Bertz CT molecular complexity index is 412. The molecule has 2 rings (SSSR count). The van der Waals surface area contributed by atoms with Crippen molar-refractivity contribution >= 4 is 6.03 Å². The maximum atomic E-state index is 11.8. The monoisotopic (exact) mass is 274 g/mol. The summed E-state index contributed by atoms with van der Waals surface area (Å²) in [5, 5.41) is 6.07. The SMILES string of the molecule is CC(c1ccccc1)[C@@H](C)CNC(=O)NC1CCCC1. The van der Waals surface area contributed by atoms with E-state index in [1.807, 2.05) is 6.07 Å². The van der Waals surface area contributed by atoms with Crippen molar-refractivity contribution in [1.82, 2.24) is 10.6 Å². The number of hydrogen-bond donors (Lipinski definition) is 2. The quantitative estimate of drug-likeness (QED) is 0.845. The molecule has 0 spiro atoms. The minimum absolute atomic E-state index is 0.0102. The van der Waals surface area contributed by atoms with Gasteiger partial charge in [0.25, 0.3) is 0 Å². The Kier molecular flexibility index (Phi) is 5.45. The molecule has 2 atom stereocenters. The zero-order chi connectivity index (χ0) is 14.4. The second-order valence-corrected chi connectivity index (χ2v) is 6.01. The van der Waals surface area contributed by atoms with Gasteiger partial charge in [-0.15, -0.1) is 0 Å². The molecular weight excluding hydrogens is 248 g/mol. The van der Waals surface area contributed by atoms with Gasteiger partial charge in [-0.2, -0.15) is 0 Å². The molecule has 2 N–H and O–H groups in total. The molecule has 0 radical (unpaired) electrons. The molecule has 1 fully saturated rings. The molecule has 1 aromatic carbocycles. The topological polar surface area (TPSA) is 41.1 Å². The van der Waals surface area contributed by atoms with Gasteiger partial charge in [-0.25, -0.2) is 4.79 Å². The molecule has 20 heavy (non-hydrogen) atoms. The van der Waals surface area contributed by atoms with E-state index in [4.69, 9.17) is 0 Å². The number of carbonyl (C=O) groups excluding carboxylic acids is 1. The Morgan fingerprint density at radius 1 is 1.20 bits per heavy atom. The van der Waals surface area contributed by atoms with Crippen molar-refractivity contribution in [3.63, 3.8) is 0 Å². The fraction of sp³-hybridized carbons (Fsp3) is 0.588. The van der Waals surface area contributed by atoms with E-state index in [2.05, 4.69) is 48.7 Å². The fourth-order valence-electron chi connectivity index (χ4n) is 2.82. The van der Waals surface area contributed by atoms with Gasteiger partial charge in [0.15, 0.2) is 0 Å². The number of hydrogen-bond acceptors (Lipinski definition) is 1. The largest absolute Gasteiger partial charge is 0.338 e. The highest BCUT2D eigenvalue weighted by Crippen LogP contribution is 2.23. The van der Waals surface area contributed by atoms with Gasteiger partial charge < -0.3 is 10.6 Å². The first-order chi connectivity index (χ1) is 9.66. The maximum Gasteiger partial charge on any atom is 0.315 e. The lowest BCUT2D eigenvalue weighted by Gasteiger charge is -2.21. The standard InChI is InChI=1S/C17H26N2O/c1-13(14(2)15-8-4-3-5-9-15)12-18-17(20)19-16-10-6-7-11-16/h3-5,8-9,13-14,16H,6-7,10-12H2,1-2H3,(H2,18,19,20)/t13-,14?/m0/s1. The Hall–Kier alpha value is -1.51. The molecule has 3 nitrogen and oxygen atoms in total. The summed E-state index contributed by atoms with van der Waals surface area (Å²) in [6, 6.07) is 10.9. The van der Waals surface area contributed by atoms with Crippen LogP contribution < -0.4 is 10.6 Å². The number of rotatable bonds is 5. The molecule has 3 heteroatoms. The zero-order valence-electron chi connectivity index (χ0n) is 12.6. The molecular formula is C17H26N2O. The average Bonchev–Trinajstić information content (AvgIpc) is 2.97. The first-order valence-corrected chi connectivity index (χ1v) is 7.76. The van der Waals surface area contributed by atoms with Crippen molar-refractivity contribution in [2.45, 2.75) is 51.5 Å². The summed E-state index contributed by atoms with van der Waals surface area (Å²) in [6.45, 7) is 5.12. The normalized spacial score (nSPS) is 18.5. The number of carbonyl (C=O) groups is 1. The van der Waals surface area contributed by atoms with E-state index in [1.54, 1.807) is 0 Å².